The van der Waals surface area contributed by atoms with Crippen molar-refractivity contribution in [3.63, 3.8) is 0 Å². The number of anilines is 1. The molecule has 1 N–H and O–H groups in total. The van der Waals surface area contributed by atoms with Crippen LogP contribution in [0.15, 0.2) is 28.7 Å². The van der Waals surface area contributed by atoms with Crippen molar-refractivity contribution < 1.29 is 27.4 Å². The summed E-state index contributed by atoms with van der Waals surface area (Å²) in [4.78, 5) is 12.7. The summed E-state index contributed by atoms with van der Waals surface area (Å²) in [5.74, 6) is -0.480. The van der Waals surface area contributed by atoms with Gasteiger partial charge in [0.05, 0.1) is 24.5 Å². The average molecular weight is 438 g/mol. The van der Waals surface area contributed by atoms with E-state index >= 15 is 0 Å². The van der Waals surface area contributed by atoms with Gasteiger partial charge in [0.1, 0.15) is 5.75 Å². The number of phenolic OH excluding ortho intramolecular Hbond substituents is 1. The molecule has 31 heavy (non-hydrogen) atoms. The number of aromatic nitrogens is 2. The molecule has 0 spiro atoms. The lowest BCUT2D eigenvalue weighted by Crippen LogP contribution is -2.36. The van der Waals surface area contributed by atoms with E-state index in [0.29, 0.717) is 55.3 Å². The number of hydrogen-bond donors (Lipinski definition) is 1. The topological polar surface area (TPSA) is 74.9 Å². The Morgan fingerprint density at radius 3 is 2.29 bits per heavy atom. The van der Waals surface area contributed by atoms with Crippen molar-refractivity contribution in [2.24, 2.45) is 0 Å². The molecular formula is C21H25F3N4O3. The van der Waals surface area contributed by atoms with Crippen LogP contribution in [-0.2, 0) is 10.9 Å². The number of aryl methyl sites for hydroxylation is 1. The summed E-state index contributed by atoms with van der Waals surface area (Å²) in [5.41, 5.74) is 0.718. The third-order valence-corrected chi connectivity index (χ3v) is 4.42. The number of hydrogen-bond acceptors (Lipinski definition) is 7. The van der Waals surface area contributed by atoms with Crippen molar-refractivity contribution in [2.75, 3.05) is 52.3 Å². The Hall–Kier alpha value is -2.85. The van der Waals surface area contributed by atoms with Gasteiger partial charge in [-0.05, 0) is 57.9 Å². The zero-order valence-electron chi connectivity index (χ0n) is 17.8. The summed E-state index contributed by atoms with van der Waals surface area (Å²) in [6.07, 6.45) is -4.53. The molecule has 0 saturated carbocycles. The Labute approximate surface area is 178 Å². The van der Waals surface area contributed by atoms with Crippen molar-refractivity contribution in [2.45, 2.75) is 13.1 Å². The van der Waals surface area contributed by atoms with Crippen LogP contribution in [0.4, 0.5) is 19.2 Å². The van der Waals surface area contributed by atoms with Crippen LogP contribution in [0.1, 0.15) is 11.1 Å². The molecule has 10 heteroatoms. The molecule has 2 aromatic heterocycles. The minimum Gasteiger partial charge on any atom is -0.507 e. The molecule has 0 radical (unpaired) electrons. The maximum atomic E-state index is 12.9. The molecule has 0 unspecified atom stereocenters. The average Bonchev–Trinajstić information content (AvgIpc) is 3.10. The van der Waals surface area contributed by atoms with Gasteiger partial charge in [0.25, 0.3) is 6.01 Å². The Morgan fingerprint density at radius 1 is 1.06 bits per heavy atom. The highest BCUT2D eigenvalue weighted by Crippen LogP contribution is 2.39. The van der Waals surface area contributed by atoms with Gasteiger partial charge < -0.3 is 24.1 Å². The van der Waals surface area contributed by atoms with Gasteiger partial charge in [0.15, 0.2) is 5.58 Å². The van der Waals surface area contributed by atoms with E-state index in [1.54, 1.807) is 12.1 Å². The van der Waals surface area contributed by atoms with Crippen molar-refractivity contribution in [3.8, 4) is 17.0 Å². The Bertz CT molecular complexity index is 1020. The summed E-state index contributed by atoms with van der Waals surface area (Å²) in [6, 6.07) is 5.35. The maximum absolute atomic E-state index is 12.9. The van der Waals surface area contributed by atoms with E-state index in [4.69, 9.17) is 9.15 Å². The van der Waals surface area contributed by atoms with E-state index in [-0.39, 0.29) is 11.1 Å². The van der Waals surface area contributed by atoms with Gasteiger partial charge in [-0.2, -0.15) is 18.2 Å². The molecule has 0 atom stereocenters. The van der Waals surface area contributed by atoms with Gasteiger partial charge in [-0.25, -0.2) is 4.98 Å². The van der Waals surface area contributed by atoms with Crippen molar-refractivity contribution in [1.29, 1.82) is 0 Å². The quantitative estimate of drug-likeness (QED) is 0.650. The summed E-state index contributed by atoms with van der Waals surface area (Å²) in [5, 5.41) is 10.2. The summed E-state index contributed by atoms with van der Waals surface area (Å²) in [7, 11) is 6.00. The van der Waals surface area contributed by atoms with E-state index in [1.165, 1.54) is 6.92 Å². The van der Waals surface area contributed by atoms with E-state index in [0.717, 1.165) is 6.07 Å². The lowest BCUT2D eigenvalue weighted by atomic mass is 10.0. The zero-order valence-corrected chi connectivity index (χ0v) is 17.8. The fourth-order valence-electron chi connectivity index (χ4n) is 3.10. The van der Waals surface area contributed by atoms with Gasteiger partial charge in [-0.3, -0.25) is 0 Å². The van der Waals surface area contributed by atoms with Crippen molar-refractivity contribution in [3.05, 3.63) is 35.4 Å². The molecule has 1 fully saturated rings. The summed E-state index contributed by atoms with van der Waals surface area (Å²) < 4.78 is 49.7. The number of alkyl halides is 3. The van der Waals surface area contributed by atoms with Gasteiger partial charge in [0, 0.05) is 18.7 Å². The maximum Gasteiger partial charge on any atom is 0.416 e. The smallest absolute Gasteiger partial charge is 0.416 e. The largest absolute Gasteiger partial charge is 0.507 e. The minimum absolute atomic E-state index is 0.237. The number of halogens is 3. The number of aromatic hydroxyl groups is 1. The van der Waals surface area contributed by atoms with E-state index < -0.39 is 17.5 Å². The predicted molar refractivity (Wildman–Crippen MR) is 111 cm³/mol. The number of rotatable bonds is 2. The van der Waals surface area contributed by atoms with Crippen LogP contribution < -0.4 is 4.90 Å². The van der Waals surface area contributed by atoms with Crippen LogP contribution in [0.2, 0.25) is 0 Å². The van der Waals surface area contributed by atoms with Crippen LogP contribution in [0.5, 0.6) is 5.75 Å². The first-order valence-electron chi connectivity index (χ1n) is 9.68. The highest BCUT2D eigenvalue weighted by molar-refractivity contribution is 5.78. The first-order chi connectivity index (χ1) is 14.6. The van der Waals surface area contributed by atoms with E-state index in [9.17, 15) is 18.3 Å². The normalized spacial score (nSPS) is 14.6. The molecule has 1 aliphatic heterocycles. The van der Waals surface area contributed by atoms with E-state index in [1.807, 2.05) is 30.9 Å². The first-order valence-corrected chi connectivity index (χ1v) is 9.68. The number of ether oxygens (including phenoxy) is 1. The van der Waals surface area contributed by atoms with Crippen molar-refractivity contribution >= 4 is 17.2 Å². The molecule has 1 aliphatic rings. The predicted octanol–water partition coefficient (Wildman–Crippen LogP) is 3.94. The Kier molecular flexibility index (Phi) is 6.71. The molecule has 1 aromatic carbocycles. The lowest BCUT2D eigenvalue weighted by Gasteiger charge is -2.24. The molecule has 0 amide bonds. The lowest BCUT2D eigenvalue weighted by molar-refractivity contribution is -0.137. The number of nitrogens with zero attached hydrogens (tertiary/aromatic N) is 4. The number of pyridine rings is 1. The van der Waals surface area contributed by atoms with Crippen LogP contribution in [0.25, 0.3) is 22.5 Å². The summed E-state index contributed by atoms with van der Waals surface area (Å²) >= 11 is 0. The van der Waals surface area contributed by atoms with Gasteiger partial charge in [-0.1, -0.05) is 0 Å². The molecular weight excluding hydrogens is 413 g/mol. The second-order valence-electron chi connectivity index (χ2n) is 7.64. The highest BCUT2D eigenvalue weighted by atomic mass is 19.4. The van der Waals surface area contributed by atoms with E-state index in [2.05, 4.69) is 9.97 Å². The van der Waals surface area contributed by atoms with Gasteiger partial charge >= 0.3 is 6.18 Å². The minimum atomic E-state index is -4.53. The standard InChI is InChI=1S/C18H16F3N3O3.C3H9N/c1-10-8-11(18(19,20)21)9-13(25)15(10)12-2-3-14-16(22-12)23-17(27-14)24-4-6-26-7-5-24;1-4(2)3/h2-3,8-9,25H,4-7H2,1H3;1-3H3. The third kappa shape index (κ3) is 5.45. The number of morpholine rings is 1. The van der Waals surface area contributed by atoms with Crippen LogP contribution in [-0.4, -0.2) is 67.4 Å². The third-order valence-electron chi connectivity index (χ3n) is 4.42. The Morgan fingerprint density at radius 2 is 1.71 bits per heavy atom. The monoisotopic (exact) mass is 438 g/mol. The second-order valence-corrected chi connectivity index (χ2v) is 7.64. The fraction of sp³-hybridized carbons (Fsp3) is 0.429. The number of fused-ring (bicyclic) bond motifs is 1. The first kappa shape index (κ1) is 22.8. The molecule has 0 bridgehead atoms. The van der Waals surface area contributed by atoms with Crippen LogP contribution in [0.3, 0.4) is 0 Å². The molecule has 1 saturated heterocycles. The molecule has 0 aliphatic carbocycles. The number of phenols is 1. The zero-order chi connectivity index (χ0) is 22.8. The SMILES string of the molecule is CN(C)C.Cc1cc(C(F)(F)F)cc(O)c1-c1ccc2oc(N3CCOCC3)nc2n1. The molecule has 4 rings (SSSR count). The summed E-state index contributed by atoms with van der Waals surface area (Å²) in [6.45, 7) is 3.96. The molecule has 3 heterocycles. The number of benzene rings is 1. The fourth-order valence-corrected chi connectivity index (χ4v) is 3.10. The van der Waals surface area contributed by atoms with Gasteiger partial charge in [0.2, 0.25) is 5.65 Å². The van der Waals surface area contributed by atoms with Crippen molar-refractivity contribution in [1.82, 2.24) is 14.9 Å². The molecule has 168 valence electrons. The van der Waals surface area contributed by atoms with Crippen LogP contribution in [0, 0.1) is 6.92 Å². The second kappa shape index (κ2) is 9.11. The number of oxazole rings is 1. The highest BCUT2D eigenvalue weighted by Gasteiger charge is 2.32. The van der Waals surface area contributed by atoms with Gasteiger partial charge in [-0.15, -0.1) is 0 Å². The van der Waals surface area contributed by atoms with Crippen LogP contribution >= 0.6 is 0 Å². The Balaban J connectivity index is 0.000000628. The molecule has 7 nitrogen and oxygen atoms in total. The molecule has 3 aromatic rings.